The van der Waals surface area contributed by atoms with Crippen molar-refractivity contribution >= 4 is 11.6 Å². The zero-order valence-electron chi connectivity index (χ0n) is 11.6. The minimum Gasteiger partial charge on any atom is -0.388 e. The van der Waals surface area contributed by atoms with Gasteiger partial charge in [-0.15, -0.1) is 0 Å². The predicted molar refractivity (Wildman–Crippen MR) is 80.8 cm³/mol. The lowest BCUT2D eigenvalue weighted by molar-refractivity contribution is 0.178. The average molecular weight is 275 g/mol. The van der Waals surface area contributed by atoms with Crippen LogP contribution in [0.25, 0.3) is 0 Å². The van der Waals surface area contributed by atoms with E-state index >= 15 is 0 Å². The van der Waals surface area contributed by atoms with Crippen molar-refractivity contribution in [2.45, 2.75) is 33.3 Å². The van der Waals surface area contributed by atoms with Crippen LogP contribution >= 0.6 is 11.6 Å². The molecule has 0 amide bonds. The Balaban J connectivity index is 2.20. The quantitative estimate of drug-likeness (QED) is 0.871. The van der Waals surface area contributed by atoms with Gasteiger partial charge < -0.3 is 5.11 Å². The molecule has 19 heavy (non-hydrogen) atoms. The highest BCUT2D eigenvalue weighted by Gasteiger charge is 2.10. The minimum atomic E-state index is -0.489. The van der Waals surface area contributed by atoms with Crippen molar-refractivity contribution in [1.82, 2.24) is 0 Å². The van der Waals surface area contributed by atoms with Crippen molar-refractivity contribution < 1.29 is 5.11 Å². The van der Waals surface area contributed by atoms with Crippen molar-refractivity contribution in [2.75, 3.05) is 0 Å². The maximum atomic E-state index is 10.3. The summed E-state index contributed by atoms with van der Waals surface area (Å²) in [5.74, 6) is 0. The van der Waals surface area contributed by atoms with E-state index in [0.29, 0.717) is 6.42 Å². The van der Waals surface area contributed by atoms with Crippen LogP contribution in [0.2, 0.25) is 5.02 Å². The summed E-state index contributed by atoms with van der Waals surface area (Å²) in [5.41, 5.74) is 5.54. The summed E-state index contributed by atoms with van der Waals surface area (Å²) < 4.78 is 0. The Kier molecular flexibility index (Phi) is 4.28. The van der Waals surface area contributed by atoms with E-state index in [4.69, 9.17) is 11.6 Å². The Bertz CT molecular complexity index is 570. The van der Waals surface area contributed by atoms with E-state index in [2.05, 4.69) is 32.0 Å². The highest BCUT2D eigenvalue weighted by molar-refractivity contribution is 6.31. The number of aliphatic hydroxyl groups excluding tert-OH is 1. The smallest absolute Gasteiger partial charge is 0.0830 e. The number of halogens is 1. The molecular formula is C17H19ClO. The van der Waals surface area contributed by atoms with Gasteiger partial charge in [-0.1, -0.05) is 53.1 Å². The third kappa shape index (κ3) is 3.59. The first-order valence-electron chi connectivity index (χ1n) is 6.47. The molecule has 0 aromatic heterocycles. The van der Waals surface area contributed by atoms with E-state index < -0.39 is 6.10 Å². The fourth-order valence-corrected chi connectivity index (χ4v) is 2.52. The molecule has 2 aromatic rings. The molecule has 2 heteroatoms. The second-order valence-electron chi connectivity index (χ2n) is 5.22. The summed E-state index contributed by atoms with van der Waals surface area (Å²) in [6.07, 6.45) is 0.140. The lowest BCUT2D eigenvalue weighted by atomic mass is 9.98. The molecule has 0 aliphatic rings. The summed E-state index contributed by atoms with van der Waals surface area (Å²) in [7, 11) is 0. The van der Waals surface area contributed by atoms with Gasteiger partial charge in [-0.05, 0) is 43.5 Å². The number of hydrogen-bond donors (Lipinski definition) is 1. The molecule has 1 atom stereocenters. The largest absolute Gasteiger partial charge is 0.388 e. The van der Waals surface area contributed by atoms with Gasteiger partial charge in [0.2, 0.25) is 0 Å². The van der Waals surface area contributed by atoms with Crippen LogP contribution in [0.3, 0.4) is 0 Å². The Morgan fingerprint density at radius 1 is 1.00 bits per heavy atom. The monoisotopic (exact) mass is 274 g/mol. The van der Waals surface area contributed by atoms with Crippen molar-refractivity contribution in [2.24, 2.45) is 0 Å². The summed E-state index contributed by atoms with van der Waals surface area (Å²) in [4.78, 5) is 0. The number of aryl methyl sites for hydroxylation is 3. The molecule has 0 aliphatic carbocycles. The summed E-state index contributed by atoms with van der Waals surface area (Å²) in [6.45, 7) is 6.11. The second-order valence-corrected chi connectivity index (χ2v) is 5.63. The highest BCUT2D eigenvalue weighted by Crippen LogP contribution is 2.24. The third-order valence-corrected chi connectivity index (χ3v) is 3.70. The molecule has 0 saturated heterocycles. The van der Waals surface area contributed by atoms with Crippen LogP contribution in [0.1, 0.15) is 33.9 Å². The molecule has 0 aliphatic heterocycles. The molecule has 1 nitrogen and oxygen atoms in total. The maximum absolute atomic E-state index is 10.3. The van der Waals surface area contributed by atoms with Gasteiger partial charge in [-0.2, -0.15) is 0 Å². The summed E-state index contributed by atoms with van der Waals surface area (Å²) in [6, 6.07) is 12.1. The molecular weight excluding hydrogens is 256 g/mol. The van der Waals surface area contributed by atoms with Gasteiger partial charge in [-0.3, -0.25) is 0 Å². The van der Waals surface area contributed by atoms with Crippen molar-refractivity contribution in [1.29, 1.82) is 0 Å². The number of aliphatic hydroxyl groups is 1. The van der Waals surface area contributed by atoms with Crippen molar-refractivity contribution in [3.05, 3.63) is 69.2 Å². The Morgan fingerprint density at radius 3 is 2.21 bits per heavy atom. The lowest BCUT2D eigenvalue weighted by Gasteiger charge is -2.13. The van der Waals surface area contributed by atoms with Gasteiger partial charge in [0.1, 0.15) is 0 Å². The van der Waals surface area contributed by atoms with E-state index in [9.17, 15) is 5.11 Å². The Labute approximate surface area is 119 Å². The Morgan fingerprint density at radius 2 is 1.63 bits per heavy atom. The summed E-state index contributed by atoms with van der Waals surface area (Å²) >= 11 is 6.01. The highest BCUT2D eigenvalue weighted by atomic mass is 35.5. The topological polar surface area (TPSA) is 20.2 Å². The van der Waals surface area contributed by atoms with Crippen LogP contribution in [0, 0.1) is 20.8 Å². The van der Waals surface area contributed by atoms with Gasteiger partial charge in [0, 0.05) is 11.4 Å². The van der Waals surface area contributed by atoms with Crippen molar-refractivity contribution in [3.63, 3.8) is 0 Å². The molecule has 0 radical (unpaired) electrons. The first-order valence-corrected chi connectivity index (χ1v) is 6.85. The van der Waals surface area contributed by atoms with E-state index in [1.807, 2.05) is 25.1 Å². The SMILES string of the molecule is Cc1cc(C)cc(CC(O)c2ccc(Cl)c(C)c2)c1. The molecule has 0 spiro atoms. The maximum Gasteiger partial charge on any atom is 0.0830 e. The number of rotatable bonds is 3. The first kappa shape index (κ1) is 14.1. The number of benzene rings is 2. The van der Waals surface area contributed by atoms with Crippen molar-refractivity contribution in [3.8, 4) is 0 Å². The molecule has 1 N–H and O–H groups in total. The molecule has 0 bridgehead atoms. The van der Waals surface area contributed by atoms with Crippen LogP contribution in [0.15, 0.2) is 36.4 Å². The molecule has 0 fully saturated rings. The zero-order chi connectivity index (χ0) is 14.0. The Hall–Kier alpha value is -1.31. The predicted octanol–water partition coefficient (Wildman–Crippen LogP) is 4.54. The normalized spacial score (nSPS) is 12.5. The minimum absolute atomic E-state index is 0.489. The molecule has 1 unspecified atom stereocenters. The van der Waals surface area contributed by atoms with Crippen LogP contribution in [0.5, 0.6) is 0 Å². The van der Waals surface area contributed by atoms with Gasteiger partial charge >= 0.3 is 0 Å². The molecule has 0 saturated carbocycles. The van der Waals surface area contributed by atoms with Crippen LogP contribution in [0.4, 0.5) is 0 Å². The van der Waals surface area contributed by atoms with Gasteiger partial charge in [-0.25, -0.2) is 0 Å². The zero-order valence-corrected chi connectivity index (χ0v) is 12.3. The second kappa shape index (κ2) is 5.77. The standard InChI is InChI=1S/C17H19ClO/c1-11-6-12(2)8-14(7-11)10-17(19)15-4-5-16(18)13(3)9-15/h4-9,17,19H,10H2,1-3H3. The van der Waals surface area contributed by atoms with Gasteiger partial charge in [0.25, 0.3) is 0 Å². The molecule has 2 rings (SSSR count). The van der Waals surface area contributed by atoms with E-state index in [1.54, 1.807) is 0 Å². The van der Waals surface area contributed by atoms with E-state index in [1.165, 1.54) is 11.1 Å². The fourth-order valence-electron chi connectivity index (χ4n) is 2.40. The molecule has 100 valence electrons. The average Bonchev–Trinajstić information content (AvgIpc) is 2.31. The van der Waals surface area contributed by atoms with Crippen LogP contribution in [-0.2, 0) is 6.42 Å². The fraction of sp³-hybridized carbons (Fsp3) is 0.294. The first-order chi connectivity index (χ1) is 8.95. The number of hydrogen-bond acceptors (Lipinski definition) is 1. The third-order valence-electron chi connectivity index (χ3n) is 3.28. The van der Waals surface area contributed by atoms with Gasteiger partial charge in [0.15, 0.2) is 0 Å². The van der Waals surface area contributed by atoms with E-state index in [0.717, 1.165) is 21.7 Å². The van der Waals surface area contributed by atoms with E-state index in [-0.39, 0.29) is 0 Å². The summed E-state index contributed by atoms with van der Waals surface area (Å²) in [5, 5.41) is 11.1. The van der Waals surface area contributed by atoms with Gasteiger partial charge in [0.05, 0.1) is 6.10 Å². The lowest BCUT2D eigenvalue weighted by Crippen LogP contribution is -2.02. The molecule has 2 aromatic carbocycles. The molecule has 0 heterocycles. The van der Waals surface area contributed by atoms with Crippen LogP contribution in [-0.4, -0.2) is 5.11 Å². The van der Waals surface area contributed by atoms with Crippen LogP contribution < -0.4 is 0 Å².